The molecule has 9 heteroatoms. The van der Waals surface area contributed by atoms with E-state index in [1.54, 1.807) is 13.0 Å². The lowest BCUT2D eigenvalue weighted by molar-refractivity contribution is 0.213. The molecule has 1 atom stereocenters. The molecule has 25 heavy (non-hydrogen) atoms. The van der Waals surface area contributed by atoms with E-state index < -0.39 is 27.6 Å². The lowest BCUT2D eigenvalue weighted by Crippen LogP contribution is -2.31. The van der Waals surface area contributed by atoms with Crippen LogP contribution in [-0.4, -0.2) is 31.9 Å². The van der Waals surface area contributed by atoms with Crippen LogP contribution in [0.4, 0.5) is 4.39 Å². The van der Waals surface area contributed by atoms with Crippen molar-refractivity contribution in [3.05, 3.63) is 57.4 Å². The van der Waals surface area contributed by atoms with Gasteiger partial charge >= 0.3 is 5.63 Å². The van der Waals surface area contributed by atoms with Crippen LogP contribution in [0.1, 0.15) is 12.2 Å². The summed E-state index contributed by atoms with van der Waals surface area (Å²) in [7, 11) is -3.80. The molecule has 1 aromatic carbocycles. The Labute approximate surface area is 148 Å². The van der Waals surface area contributed by atoms with Gasteiger partial charge in [-0.25, -0.2) is 17.6 Å². The summed E-state index contributed by atoms with van der Waals surface area (Å²) < 4.78 is 50.3. The van der Waals surface area contributed by atoms with Crippen LogP contribution in [-0.2, 0) is 10.0 Å². The van der Waals surface area contributed by atoms with Gasteiger partial charge < -0.3 is 9.15 Å². The first-order chi connectivity index (χ1) is 11.8. The molecule has 1 fully saturated rings. The predicted molar refractivity (Wildman–Crippen MR) is 88.9 cm³/mol. The summed E-state index contributed by atoms with van der Waals surface area (Å²) in [4.78, 5) is 11.3. The molecule has 0 bridgehead atoms. The lowest BCUT2D eigenvalue weighted by Gasteiger charge is -2.17. The maximum atomic E-state index is 13.2. The molecule has 0 radical (unpaired) electrons. The highest BCUT2D eigenvalue weighted by Crippen LogP contribution is 2.26. The summed E-state index contributed by atoms with van der Waals surface area (Å²) in [5.41, 5.74) is -0.529. The fourth-order valence-corrected chi connectivity index (χ4v) is 4.39. The molecule has 0 aliphatic carbocycles. The number of hydrogen-bond donors (Lipinski definition) is 0. The van der Waals surface area contributed by atoms with E-state index in [1.165, 1.54) is 16.4 Å². The fourth-order valence-electron chi connectivity index (χ4n) is 2.63. The Morgan fingerprint density at radius 1 is 1.32 bits per heavy atom. The molecular formula is C16H15ClFNO5S. The van der Waals surface area contributed by atoms with E-state index >= 15 is 0 Å². The molecule has 1 aliphatic rings. The van der Waals surface area contributed by atoms with Gasteiger partial charge in [0.1, 0.15) is 23.4 Å². The Bertz CT molecular complexity index is 959. The number of rotatable bonds is 4. The highest BCUT2D eigenvalue weighted by molar-refractivity contribution is 7.89. The standard InChI is InChI=1S/C16H15ClFNO5S/c1-10-6-12(7-16(20)23-10)24-11-4-5-19(9-11)25(21,22)13-2-3-15(18)14(17)8-13/h2-3,6-8,11H,4-5,9H2,1H3/t11-/m0/s1. The van der Waals surface area contributed by atoms with Crippen LogP contribution in [0.3, 0.4) is 0 Å². The van der Waals surface area contributed by atoms with Crippen molar-refractivity contribution in [3.8, 4) is 5.75 Å². The summed E-state index contributed by atoms with van der Waals surface area (Å²) in [5.74, 6) is 0.0651. The van der Waals surface area contributed by atoms with E-state index in [4.69, 9.17) is 20.8 Å². The smallest absolute Gasteiger partial charge is 0.339 e. The molecule has 6 nitrogen and oxygen atoms in total. The van der Waals surface area contributed by atoms with Crippen molar-refractivity contribution in [2.24, 2.45) is 0 Å². The Morgan fingerprint density at radius 3 is 2.76 bits per heavy atom. The second-order valence-electron chi connectivity index (χ2n) is 5.69. The third kappa shape index (κ3) is 3.86. The highest BCUT2D eigenvalue weighted by atomic mass is 35.5. The second kappa shape index (κ2) is 6.78. The number of ether oxygens (including phenoxy) is 1. The fraction of sp³-hybridized carbons (Fsp3) is 0.312. The number of sulfonamides is 1. The first kappa shape index (κ1) is 17.9. The van der Waals surface area contributed by atoms with Gasteiger partial charge in [0, 0.05) is 12.6 Å². The van der Waals surface area contributed by atoms with E-state index in [9.17, 15) is 17.6 Å². The second-order valence-corrected chi connectivity index (χ2v) is 8.04. The topological polar surface area (TPSA) is 76.8 Å². The first-order valence-corrected chi connectivity index (χ1v) is 9.31. The minimum Gasteiger partial charge on any atom is -0.489 e. The summed E-state index contributed by atoms with van der Waals surface area (Å²) in [6, 6.07) is 6.07. The molecule has 0 saturated carbocycles. The van der Waals surface area contributed by atoms with E-state index in [0.717, 1.165) is 12.1 Å². The molecule has 0 amide bonds. The molecule has 1 saturated heterocycles. The highest BCUT2D eigenvalue weighted by Gasteiger charge is 2.34. The Hall–Kier alpha value is -1.90. The molecule has 2 heterocycles. The number of nitrogens with zero attached hydrogens (tertiary/aromatic N) is 1. The largest absolute Gasteiger partial charge is 0.489 e. The van der Waals surface area contributed by atoms with Crippen molar-refractivity contribution >= 4 is 21.6 Å². The van der Waals surface area contributed by atoms with E-state index in [-0.39, 0.29) is 23.0 Å². The van der Waals surface area contributed by atoms with Crippen LogP contribution in [0, 0.1) is 12.7 Å². The Balaban J connectivity index is 1.75. The van der Waals surface area contributed by atoms with Crippen molar-refractivity contribution in [2.75, 3.05) is 13.1 Å². The number of benzene rings is 1. The van der Waals surface area contributed by atoms with Gasteiger partial charge in [-0.05, 0) is 31.5 Å². The van der Waals surface area contributed by atoms with Crippen molar-refractivity contribution in [3.63, 3.8) is 0 Å². The average molecular weight is 388 g/mol. The van der Waals surface area contributed by atoms with Gasteiger partial charge in [-0.1, -0.05) is 11.6 Å². The first-order valence-electron chi connectivity index (χ1n) is 7.49. The van der Waals surface area contributed by atoms with Crippen molar-refractivity contribution < 1.29 is 22.0 Å². The lowest BCUT2D eigenvalue weighted by atomic mass is 10.3. The van der Waals surface area contributed by atoms with Crippen LogP contribution in [0.5, 0.6) is 5.75 Å². The van der Waals surface area contributed by atoms with E-state index in [2.05, 4.69) is 0 Å². The van der Waals surface area contributed by atoms with Gasteiger partial charge in [-0.15, -0.1) is 0 Å². The Kier molecular flexibility index (Phi) is 4.86. The van der Waals surface area contributed by atoms with Crippen molar-refractivity contribution in [2.45, 2.75) is 24.3 Å². The SMILES string of the molecule is Cc1cc(O[C@H]2CCN(S(=O)(=O)c3ccc(F)c(Cl)c3)C2)cc(=O)o1. The molecule has 0 spiro atoms. The maximum absolute atomic E-state index is 13.2. The van der Waals surface area contributed by atoms with Crippen LogP contribution in [0.2, 0.25) is 5.02 Å². The Morgan fingerprint density at radius 2 is 2.08 bits per heavy atom. The van der Waals surface area contributed by atoms with E-state index in [0.29, 0.717) is 17.9 Å². The zero-order valence-corrected chi connectivity index (χ0v) is 14.8. The summed E-state index contributed by atoms with van der Waals surface area (Å²) in [5, 5.41) is -0.250. The molecule has 0 unspecified atom stereocenters. The zero-order valence-electron chi connectivity index (χ0n) is 13.2. The summed E-state index contributed by atoms with van der Waals surface area (Å²) >= 11 is 5.67. The van der Waals surface area contributed by atoms with Crippen LogP contribution < -0.4 is 10.4 Å². The molecule has 134 valence electrons. The van der Waals surface area contributed by atoms with Crippen LogP contribution in [0.25, 0.3) is 0 Å². The van der Waals surface area contributed by atoms with Gasteiger partial charge in [-0.3, -0.25) is 0 Å². The molecule has 1 aliphatic heterocycles. The van der Waals surface area contributed by atoms with Crippen molar-refractivity contribution in [1.82, 2.24) is 4.31 Å². The number of halogens is 2. The minimum atomic E-state index is -3.80. The summed E-state index contributed by atoms with van der Waals surface area (Å²) in [6.45, 7) is 2.00. The monoisotopic (exact) mass is 387 g/mol. The van der Waals surface area contributed by atoms with Gasteiger partial charge in [0.2, 0.25) is 10.0 Å². The molecule has 2 aromatic rings. The third-order valence-corrected chi connectivity index (χ3v) is 5.96. The quantitative estimate of drug-likeness (QED) is 0.805. The zero-order chi connectivity index (χ0) is 18.2. The van der Waals surface area contributed by atoms with Gasteiger partial charge in [0.25, 0.3) is 0 Å². The maximum Gasteiger partial charge on any atom is 0.339 e. The molecule has 3 rings (SSSR count). The van der Waals surface area contributed by atoms with Gasteiger partial charge in [-0.2, -0.15) is 4.31 Å². The van der Waals surface area contributed by atoms with Crippen molar-refractivity contribution in [1.29, 1.82) is 0 Å². The van der Waals surface area contributed by atoms with E-state index in [1.807, 2.05) is 0 Å². The average Bonchev–Trinajstić information content (AvgIpc) is 2.98. The molecular weight excluding hydrogens is 373 g/mol. The molecule has 1 aromatic heterocycles. The normalized spacial score (nSPS) is 18.4. The molecule has 0 N–H and O–H groups in total. The number of hydrogen-bond acceptors (Lipinski definition) is 5. The third-order valence-electron chi connectivity index (χ3n) is 3.81. The van der Waals surface area contributed by atoms with Gasteiger partial charge in [0.15, 0.2) is 0 Å². The summed E-state index contributed by atoms with van der Waals surface area (Å²) in [6.07, 6.45) is 0.0693. The van der Waals surface area contributed by atoms with Gasteiger partial charge in [0.05, 0.1) is 22.5 Å². The number of aryl methyl sites for hydroxylation is 1. The predicted octanol–water partition coefficient (Wildman–Crippen LogP) is 2.58. The van der Waals surface area contributed by atoms with Crippen LogP contribution in [0.15, 0.2) is 44.4 Å². The van der Waals surface area contributed by atoms with Crippen LogP contribution >= 0.6 is 11.6 Å². The minimum absolute atomic E-state index is 0.0734.